The molecule has 1 heterocycles. The molecule has 2 aliphatic carbocycles. The van der Waals surface area contributed by atoms with Gasteiger partial charge in [0.1, 0.15) is 0 Å². The summed E-state index contributed by atoms with van der Waals surface area (Å²) >= 11 is 0. The van der Waals surface area contributed by atoms with Gasteiger partial charge in [-0.25, -0.2) is 0 Å². The molecule has 3 unspecified atom stereocenters. The lowest BCUT2D eigenvalue weighted by atomic mass is 9.97. The summed E-state index contributed by atoms with van der Waals surface area (Å²) in [6.07, 6.45) is 8.13. The molecule has 2 saturated carbocycles. The standard InChI is InChI=1S/C14H24N2O2/c1-10-15-14(7-3-4-8-14)13(17)16(10)11-5-6-12(9-11)18-2/h10-12,15H,3-9H2,1-2H3. The number of methoxy groups -OCH3 is 1. The molecule has 1 saturated heterocycles. The topological polar surface area (TPSA) is 41.6 Å². The lowest BCUT2D eigenvalue weighted by Crippen LogP contribution is -2.45. The third-order valence-electron chi connectivity index (χ3n) is 5.09. The van der Waals surface area contributed by atoms with Crippen LogP contribution in [0.2, 0.25) is 0 Å². The monoisotopic (exact) mass is 252 g/mol. The van der Waals surface area contributed by atoms with Gasteiger partial charge in [0.05, 0.1) is 17.8 Å². The van der Waals surface area contributed by atoms with Crippen molar-refractivity contribution in [3.8, 4) is 0 Å². The van der Waals surface area contributed by atoms with Crippen LogP contribution in [0.3, 0.4) is 0 Å². The molecular formula is C14H24N2O2. The summed E-state index contributed by atoms with van der Waals surface area (Å²) in [5.41, 5.74) is -0.218. The highest BCUT2D eigenvalue weighted by atomic mass is 16.5. The average molecular weight is 252 g/mol. The maximum absolute atomic E-state index is 12.7. The summed E-state index contributed by atoms with van der Waals surface area (Å²) in [4.78, 5) is 14.9. The summed E-state index contributed by atoms with van der Waals surface area (Å²) in [5, 5.41) is 3.57. The van der Waals surface area contributed by atoms with Crippen LogP contribution in [0.1, 0.15) is 51.9 Å². The van der Waals surface area contributed by atoms with Gasteiger partial charge in [-0.2, -0.15) is 0 Å². The number of rotatable bonds is 2. The average Bonchev–Trinajstić information content (AvgIpc) is 3.02. The quantitative estimate of drug-likeness (QED) is 0.812. The molecule has 3 aliphatic rings. The van der Waals surface area contributed by atoms with Gasteiger partial charge in [0.2, 0.25) is 5.91 Å². The third-order valence-corrected chi connectivity index (χ3v) is 5.09. The highest BCUT2D eigenvalue weighted by Crippen LogP contribution is 2.39. The highest BCUT2D eigenvalue weighted by molar-refractivity contribution is 5.89. The van der Waals surface area contributed by atoms with Crippen molar-refractivity contribution in [1.29, 1.82) is 0 Å². The highest BCUT2D eigenvalue weighted by Gasteiger charge is 2.53. The number of ether oxygens (including phenoxy) is 1. The van der Waals surface area contributed by atoms with E-state index in [1.54, 1.807) is 7.11 Å². The van der Waals surface area contributed by atoms with Gasteiger partial charge >= 0.3 is 0 Å². The molecule has 102 valence electrons. The third kappa shape index (κ3) is 1.77. The first kappa shape index (κ1) is 12.4. The second kappa shape index (κ2) is 4.49. The molecule has 0 bridgehead atoms. The molecular weight excluding hydrogens is 228 g/mol. The van der Waals surface area contributed by atoms with E-state index < -0.39 is 0 Å². The summed E-state index contributed by atoms with van der Waals surface area (Å²) < 4.78 is 5.43. The Balaban J connectivity index is 1.75. The zero-order valence-corrected chi connectivity index (χ0v) is 11.4. The molecule has 1 amide bonds. The van der Waals surface area contributed by atoms with E-state index in [9.17, 15) is 4.79 Å². The molecule has 0 aromatic carbocycles. The normalized spacial score (nSPS) is 39.1. The number of carbonyl (C=O) groups excluding carboxylic acids is 1. The molecule has 3 fully saturated rings. The summed E-state index contributed by atoms with van der Waals surface area (Å²) in [7, 11) is 1.78. The summed E-state index contributed by atoms with van der Waals surface area (Å²) in [5.74, 6) is 0.356. The van der Waals surface area contributed by atoms with Gasteiger partial charge in [0, 0.05) is 13.2 Å². The van der Waals surface area contributed by atoms with Crippen LogP contribution in [-0.2, 0) is 9.53 Å². The van der Waals surface area contributed by atoms with Crippen molar-refractivity contribution in [3.63, 3.8) is 0 Å². The number of nitrogens with one attached hydrogen (secondary N) is 1. The van der Waals surface area contributed by atoms with E-state index in [1.165, 1.54) is 12.8 Å². The van der Waals surface area contributed by atoms with E-state index in [0.29, 0.717) is 18.1 Å². The summed E-state index contributed by atoms with van der Waals surface area (Å²) in [6.45, 7) is 2.13. The maximum Gasteiger partial charge on any atom is 0.244 e. The predicted molar refractivity (Wildman–Crippen MR) is 69.1 cm³/mol. The van der Waals surface area contributed by atoms with E-state index >= 15 is 0 Å². The van der Waals surface area contributed by atoms with E-state index in [2.05, 4.69) is 17.1 Å². The molecule has 4 heteroatoms. The molecule has 0 aromatic heterocycles. The molecule has 1 spiro atoms. The Morgan fingerprint density at radius 1 is 1.33 bits per heavy atom. The molecule has 3 rings (SSSR count). The van der Waals surface area contributed by atoms with Crippen LogP contribution in [0.4, 0.5) is 0 Å². The minimum absolute atomic E-state index is 0.191. The first-order chi connectivity index (χ1) is 8.66. The second-order valence-electron chi connectivity index (χ2n) is 6.15. The van der Waals surface area contributed by atoms with Crippen LogP contribution in [-0.4, -0.2) is 41.8 Å². The molecule has 4 nitrogen and oxygen atoms in total. The Bertz CT molecular complexity index is 339. The summed E-state index contributed by atoms with van der Waals surface area (Å²) in [6, 6.07) is 0.380. The van der Waals surface area contributed by atoms with Crippen LogP contribution >= 0.6 is 0 Å². The molecule has 0 aromatic rings. The van der Waals surface area contributed by atoms with Crippen molar-refractivity contribution >= 4 is 5.91 Å². The van der Waals surface area contributed by atoms with Crippen molar-refractivity contribution < 1.29 is 9.53 Å². The number of carbonyl (C=O) groups is 1. The largest absolute Gasteiger partial charge is 0.381 e. The Morgan fingerprint density at radius 3 is 2.67 bits per heavy atom. The van der Waals surface area contributed by atoms with Crippen LogP contribution in [0.15, 0.2) is 0 Å². The maximum atomic E-state index is 12.7. The van der Waals surface area contributed by atoms with Crippen molar-refractivity contribution in [2.24, 2.45) is 0 Å². The number of amides is 1. The van der Waals surface area contributed by atoms with Crippen LogP contribution in [0.25, 0.3) is 0 Å². The molecule has 1 N–H and O–H groups in total. The lowest BCUT2D eigenvalue weighted by Gasteiger charge is -2.28. The molecule has 0 radical (unpaired) electrons. The SMILES string of the molecule is COC1CCC(N2C(=O)C3(CCCC3)NC2C)C1. The van der Waals surface area contributed by atoms with Gasteiger partial charge in [0.25, 0.3) is 0 Å². The first-order valence-electron chi connectivity index (χ1n) is 7.29. The Labute approximate surface area is 109 Å². The van der Waals surface area contributed by atoms with Gasteiger partial charge in [-0.05, 0) is 39.0 Å². The number of hydrogen-bond donors (Lipinski definition) is 1. The zero-order valence-electron chi connectivity index (χ0n) is 11.4. The van der Waals surface area contributed by atoms with Crippen molar-refractivity contribution in [3.05, 3.63) is 0 Å². The van der Waals surface area contributed by atoms with Crippen LogP contribution in [0.5, 0.6) is 0 Å². The minimum Gasteiger partial charge on any atom is -0.381 e. The van der Waals surface area contributed by atoms with Gasteiger partial charge in [0.15, 0.2) is 0 Å². The van der Waals surface area contributed by atoms with Crippen LogP contribution in [0, 0.1) is 0 Å². The molecule has 3 atom stereocenters. The van der Waals surface area contributed by atoms with Crippen molar-refractivity contribution in [2.45, 2.75) is 75.7 Å². The molecule has 1 aliphatic heterocycles. The van der Waals surface area contributed by atoms with E-state index in [1.807, 2.05) is 0 Å². The Kier molecular flexibility index (Phi) is 3.10. The fraction of sp³-hybridized carbons (Fsp3) is 0.929. The number of nitrogens with zero attached hydrogens (tertiary/aromatic N) is 1. The van der Waals surface area contributed by atoms with Crippen molar-refractivity contribution in [1.82, 2.24) is 10.2 Å². The zero-order chi connectivity index (χ0) is 12.8. The smallest absolute Gasteiger partial charge is 0.244 e. The predicted octanol–water partition coefficient (Wildman–Crippen LogP) is 1.64. The van der Waals surface area contributed by atoms with Gasteiger partial charge in [-0.3, -0.25) is 10.1 Å². The van der Waals surface area contributed by atoms with Crippen molar-refractivity contribution in [2.75, 3.05) is 7.11 Å². The number of hydrogen-bond acceptors (Lipinski definition) is 3. The second-order valence-corrected chi connectivity index (χ2v) is 6.15. The van der Waals surface area contributed by atoms with E-state index in [4.69, 9.17) is 4.74 Å². The van der Waals surface area contributed by atoms with Gasteiger partial charge in [-0.1, -0.05) is 12.8 Å². The van der Waals surface area contributed by atoms with E-state index in [0.717, 1.165) is 32.1 Å². The minimum atomic E-state index is -0.218. The Morgan fingerprint density at radius 2 is 2.06 bits per heavy atom. The fourth-order valence-electron chi connectivity index (χ4n) is 4.16. The van der Waals surface area contributed by atoms with Gasteiger partial charge in [-0.15, -0.1) is 0 Å². The molecule has 18 heavy (non-hydrogen) atoms. The van der Waals surface area contributed by atoms with Crippen LogP contribution < -0.4 is 5.32 Å². The first-order valence-corrected chi connectivity index (χ1v) is 7.29. The Hall–Kier alpha value is -0.610. The lowest BCUT2D eigenvalue weighted by molar-refractivity contribution is -0.135. The fourth-order valence-corrected chi connectivity index (χ4v) is 4.16. The van der Waals surface area contributed by atoms with Gasteiger partial charge < -0.3 is 9.64 Å². The van der Waals surface area contributed by atoms with E-state index in [-0.39, 0.29) is 11.7 Å².